The standard InChI is InChI=1S/C19H33NO.C19H33N/c1-18(2,3)16-9-7-8-15(17(16)19(4,5)6)11-10-14(12-20)13-21;1-14(10-9-13-20)15-11-8-12-16(18(2,3)4)17(15)19(5,6)7/h7-9,14,21H,10-13,20H2,1-6H3;8,11-12,14H,9-10,13,20H2,1-7H3. The van der Waals surface area contributed by atoms with Crippen molar-refractivity contribution < 1.29 is 5.11 Å². The Kier molecular flexibility index (Phi) is 13.8. The van der Waals surface area contributed by atoms with Crippen LogP contribution in [0.1, 0.15) is 149 Å². The molecular weight excluding hydrogens is 500 g/mol. The highest BCUT2D eigenvalue weighted by Gasteiger charge is 2.29. The molecule has 5 N–H and O–H groups in total. The SMILES string of the molecule is CC(C)(C)c1cccc(CCC(CN)CO)c1C(C)(C)C.CC(CCCN)c1cccc(C(C)(C)C)c1C(C)(C)C. The predicted octanol–water partition coefficient (Wildman–Crippen LogP) is 8.91. The molecule has 2 unspecified atom stereocenters. The van der Waals surface area contributed by atoms with Crippen LogP contribution in [0.15, 0.2) is 36.4 Å². The Morgan fingerprint density at radius 1 is 0.659 bits per heavy atom. The summed E-state index contributed by atoms with van der Waals surface area (Å²) >= 11 is 0. The molecular formula is C38H66N2O. The molecule has 0 saturated heterocycles. The van der Waals surface area contributed by atoms with Crippen LogP contribution in [-0.2, 0) is 28.1 Å². The Bertz CT molecular complexity index is 1050. The quantitative estimate of drug-likeness (QED) is 0.284. The monoisotopic (exact) mass is 567 g/mol. The number of rotatable bonds is 9. The van der Waals surface area contributed by atoms with Crippen molar-refractivity contribution >= 4 is 0 Å². The van der Waals surface area contributed by atoms with E-state index in [1.807, 2.05) is 0 Å². The molecule has 2 aromatic carbocycles. The number of aliphatic hydroxyl groups is 1. The lowest BCUT2D eigenvalue weighted by Crippen LogP contribution is -2.25. The first-order valence-corrected chi connectivity index (χ1v) is 16.0. The first-order chi connectivity index (χ1) is 18.7. The average molecular weight is 567 g/mol. The molecule has 2 rings (SSSR count). The lowest BCUT2D eigenvalue weighted by atomic mass is 9.71. The molecule has 41 heavy (non-hydrogen) atoms. The summed E-state index contributed by atoms with van der Waals surface area (Å²) in [5.74, 6) is 0.784. The van der Waals surface area contributed by atoms with E-state index < -0.39 is 0 Å². The molecule has 0 spiro atoms. The fourth-order valence-electron chi connectivity index (χ4n) is 5.98. The van der Waals surface area contributed by atoms with E-state index in [9.17, 15) is 5.11 Å². The second-order valence-corrected chi connectivity index (χ2v) is 16.3. The summed E-state index contributed by atoms with van der Waals surface area (Å²) in [4.78, 5) is 0. The average Bonchev–Trinajstić information content (AvgIpc) is 2.85. The highest BCUT2D eigenvalue weighted by Crippen LogP contribution is 2.40. The zero-order valence-electron chi connectivity index (χ0n) is 29.2. The van der Waals surface area contributed by atoms with E-state index in [4.69, 9.17) is 11.5 Å². The van der Waals surface area contributed by atoms with E-state index in [2.05, 4.69) is 126 Å². The Labute approximate surface area is 254 Å². The van der Waals surface area contributed by atoms with Crippen LogP contribution < -0.4 is 11.5 Å². The zero-order valence-corrected chi connectivity index (χ0v) is 29.2. The molecule has 0 fully saturated rings. The van der Waals surface area contributed by atoms with Crippen molar-refractivity contribution in [2.24, 2.45) is 17.4 Å². The van der Waals surface area contributed by atoms with Crippen LogP contribution in [0.4, 0.5) is 0 Å². The van der Waals surface area contributed by atoms with Gasteiger partial charge in [-0.05, 0) is 106 Å². The van der Waals surface area contributed by atoms with Crippen LogP contribution in [-0.4, -0.2) is 24.8 Å². The molecule has 2 aromatic rings. The van der Waals surface area contributed by atoms with Gasteiger partial charge in [0.25, 0.3) is 0 Å². The number of benzene rings is 2. The highest BCUT2D eigenvalue weighted by molar-refractivity contribution is 5.45. The summed E-state index contributed by atoms with van der Waals surface area (Å²) in [5.41, 5.74) is 20.9. The van der Waals surface area contributed by atoms with Gasteiger partial charge in [0, 0.05) is 6.61 Å². The van der Waals surface area contributed by atoms with Crippen LogP contribution in [0.25, 0.3) is 0 Å². The van der Waals surface area contributed by atoms with E-state index in [1.165, 1.54) is 39.8 Å². The van der Waals surface area contributed by atoms with Gasteiger partial charge in [-0.25, -0.2) is 0 Å². The third-order valence-electron chi connectivity index (χ3n) is 8.15. The molecule has 0 aliphatic carbocycles. The molecule has 0 heterocycles. The molecule has 0 radical (unpaired) electrons. The molecule has 3 nitrogen and oxygen atoms in total. The molecule has 0 aromatic heterocycles. The van der Waals surface area contributed by atoms with Gasteiger partial charge in [0.15, 0.2) is 0 Å². The molecule has 0 aliphatic heterocycles. The summed E-state index contributed by atoms with van der Waals surface area (Å²) in [5, 5.41) is 9.34. The molecule has 3 heteroatoms. The topological polar surface area (TPSA) is 72.3 Å². The largest absolute Gasteiger partial charge is 0.396 e. The number of hydrogen-bond acceptors (Lipinski definition) is 3. The number of aryl methyl sites for hydroxylation is 1. The van der Waals surface area contributed by atoms with Gasteiger partial charge in [0.1, 0.15) is 0 Å². The first kappa shape index (κ1) is 37.3. The summed E-state index contributed by atoms with van der Waals surface area (Å²) in [6.07, 6.45) is 4.21. The Morgan fingerprint density at radius 2 is 1.15 bits per heavy atom. The van der Waals surface area contributed by atoms with Gasteiger partial charge in [-0.15, -0.1) is 0 Å². The van der Waals surface area contributed by atoms with E-state index in [-0.39, 0.29) is 34.2 Å². The fraction of sp³-hybridized carbons (Fsp3) is 0.684. The highest BCUT2D eigenvalue weighted by atomic mass is 16.3. The number of nitrogens with two attached hydrogens (primary N) is 2. The van der Waals surface area contributed by atoms with Crippen LogP contribution in [0.2, 0.25) is 0 Å². The number of hydrogen-bond donors (Lipinski definition) is 3. The molecule has 0 amide bonds. The smallest absolute Gasteiger partial charge is 0.0471 e. The molecule has 0 saturated carbocycles. The number of aliphatic hydroxyl groups excluding tert-OH is 1. The Balaban J connectivity index is 0.000000410. The lowest BCUT2D eigenvalue weighted by molar-refractivity contribution is 0.223. The first-order valence-electron chi connectivity index (χ1n) is 16.0. The van der Waals surface area contributed by atoms with Crippen molar-refractivity contribution in [1.82, 2.24) is 0 Å². The minimum atomic E-state index is 0.122. The van der Waals surface area contributed by atoms with Crippen molar-refractivity contribution in [3.8, 4) is 0 Å². The van der Waals surface area contributed by atoms with Crippen molar-refractivity contribution in [1.29, 1.82) is 0 Å². The lowest BCUT2D eigenvalue weighted by Gasteiger charge is -2.34. The minimum absolute atomic E-state index is 0.122. The van der Waals surface area contributed by atoms with Gasteiger partial charge in [-0.2, -0.15) is 0 Å². The maximum absolute atomic E-state index is 9.34. The second-order valence-electron chi connectivity index (χ2n) is 16.3. The molecule has 2 atom stereocenters. The Hall–Kier alpha value is -1.68. The van der Waals surface area contributed by atoms with Gasteiger partial charge in [-0.1, -0.05) is 126 Å². The predicted molar refractivity (Wildman–Crippen MR) is 182 cm³/mol. The van der Waals surface area contributed by atoms with Gasteiger partial charge in [0.05, 0.1) is 0 Å². The van der Waals surface area contributed by atoms with Crippen molar-refractivity contribution in [3.05, 3.63) is 69.8 Å². The third kappa shape index (κ3) is 11.2. The van der Waals surface area contributed by atoms with Crippen molar-refractivity contribution in [2.45, 2.75) is 143 Å². The summed E-state index contributed by atoms with van der Waals surface area (Å²) in [6.45, 7) is 31.5. The van der Waals surface area contributed by atoms with Crippen LogP contribution in [0.5, 0.6) is 0 Å². The van der Waals surface area contributed by atoms with Gasteiger partial charge < -0.3 is 16.6 Å². The van der Waals surface area contributed by atoms with Crippen LogP contribution in [0, 0.1) is 5.92 Å². The molecule has 0 bridgehead atoms. The van der Waals surface area contributed by atoms with Gasteiger partial charge in [0.2, 0.25) is 0 Å². The van der Waals surface area contributed by atoms with E-state index in [0.29, 0.717) is 12.5 Å². The van der Waals surface area contributed by atoms with Crippen LogP contribution >= 0.6 is 0 Å². The zero-order chi connectivity index (χ0) is 31.8. The molecule has 234 valence electrons. The minimum Gasteiger partial charge on any atom is -0.396 e. The van der Waals surface area contributed by atoms with Crippen molar-refractivity contribution in [3.63, 3.8) is 0 Å². The normalized spacial score (nSPS) is 14.3. The summed E-state index contributed by atoms with van der Waals surface area (Å²) in [6, 6.07) is 13.5. The third-order valence-corrected chi connectivity index (χ3v) is 8.15. The maximum Gasteiger partial charge on any atom is 0.0471 e. The van der Waals surface area contributed by atoms with Gasteiger partial charge in [-0.3, -0.25) is 0 Å². The summed E-state index contributed by atoms with van der Waals surface area (Å²) < 4.78 is 0. The van der Waals surface area contributed by atoms with E-state index >= 15 is 0 Å². The van der Waals surface area contributed by atoms with E-state index in [1.54, 1.807) is 0 Å². The second kappa shape index (κ2) is 15.2. The Morgan fingerprint density at radius 3 is 1.56 bits per heavy atom. The summed E-state index contributed by atoms with van der Waals surface area (Å²) in [7, 11) is 0. The fourth-order valence-corrected chi connectivity index (χ4v) is 5.98. The maximum atomic E-state index is 9.34. The molecule has 0 aliphatic rings. The van der Waals surface area contributed by atoms with E-state index in [0.717, 1.165) is 25.8 Å². The van der Waals surface area contributed by atoms with Gasteiger partial charge >= 0.3 is 0 Å². The van der Waals surface area contributed by atoms with Crippen LogP contribution in [0.3, 0.4) is 0 Å². The van der Waals surface area contributed by atoms with Crippen molar-refractivity contribution in [2.75, 3.05) is 19.7 Å².